The molecule has 0 saturated carbocycles. The largest absolute Gasteiger partial charge is 0.339 e. The summed E-state index contributed by atoms with van der Waals surface area (Å²) in [4.78, 5) is 5.63. The molecule has 0 saturated heterocycles. The van der Waals surface area contributed by atoms with Crippen molar-refractivity contribution in [3.8, 4) is 0 Å². The van der Waals surface area contributed by atoms with Crippen LogP contribution in [0.25, 0.3) is 0 Å². The van der Waals surface area contributed by atoms with E-state index >= 15 is 0 Å². The number of nitrogens with zero attached hydrogens (tertiary/aromatic N) is 2. The van der Waals surface area contributed by atoms with Gasteiger partial charge in [-0.25, -0.2) is 0 Å². The lowest BCUT2D eigenvalue weighted by molar-refractivity contribution is 0.371. The fraction of sp³-hybridized carbons (Fsp3) is 0.429. The van der Waals surface area contributed by atoms with E-state index in [4.69, 9.17) is 4.52 Å². The predicted molar refractivity (Wildman–Crippen MR) is 77.3 cm³/mol. The van der Waals surface area contributed by atoms with Crippen LogP contribution in [-0.4, -0.2) is 23.7 Å². The van der Waals surface area contributed by atoms with Gasteiger partial charge in [-0.1, -0.05) is 22.9 Å². The van der Waals surface area contributed by atoms with Gasteiger partial charge >= 0.3 is 0 Å². The first-order valence-electron chi connectivity index (χ1n) is 6.43. The van der Waals surface area contributed by atoms with Gasteiger partial charge in [0, 0.05) is 11.3 Å². The summed E-state index contributed by atoms with van der Waals surface area (Å²) in [5.74, 6) is 2.25. The molecule has 0 aliphatic rings. The number of benzene rings is 1. The van der Waals surface area contributed by atoms with E-state index in [1.165, 1.54) is 10.5 Å². The van der Waals surface area contributed by atoms with Crippen LogP contribution in [0.2, 0.25) is 0 Å². The zero-order chi connectivity index (χ0) is 13.5. The highest BCUT2D eigenvalue weighted by molar-refractivity contribution is 7.98. The predicted octanol–water partition coefficient (Wildman–Crippen LogP) is 2.82. The zero-order valence-electron chi connectivity index (χ0n) is 11.3. The SMILES string of the molecule is CNCCCc1nc(CSc2cccc(C)c2)no1. The van der Waals surface area contributed by atoms with Crippen LogP contribution < -0.4 is 5.32 Å². The van der Waals surface area contributed by atoms with Crippen LogP contribution >= 0.6 is 11.8 Å². The molecule has 0 aliphatic heterocycles. The normalized spacial score (nSPS) is 10.8. The van der Waals surface area contributed by atoms with E-state index in [9.17, 15) is 0 Å². The van der Waals surface area contributed by atoms with Gasteiger partial charge in [0.25, 0.3) is 0 Å². The number of aromatic nitrogens is 2. The molecule has 0 amide bonds. The lowest BCUT2D eigenvalue weighted by atomic mass is 10.2. The molecule has 0 unspecified atom stereocenters. The Morgan fingerprint density at radius 1 is 1.37 bits per heavy atom. The van der Waals surface area contributed by atoms with Gasteiger partial charge < -0.3 is 9.84 Å². The van der Waals surface area contributed by atoms with Crippen LogP contribution in [-0.2, 0) is 12.2 Å². The maximum absolute atomic E-state index is 5.22. The van der Waals surface area contributed by atoms with Gasteiger partial charge in [-0.15, -0.1) is 11.8 Å². The standard InChI is InChI=1S/C14H19N3OS/c1-11-5-3-6-12(9-11)19-10-13-16-14(18-17-13)7-4-8-15-2/h3,5-6,9,15H,4,7-8,10H2,1-2H3. The summed E-state index contributed by atoms with van der Waals surface area (Å²) in [6.45, 7) is 3.06. The number of rotatable bonds is 7. The lowest BCUT2D eigenvalue weighted by Crippen LogP contribution is -2.08. The van der Waals surface area contributed by atoms with E-state index in [0.717, 1.165) is 36.9 Å². The number of hydrogen-bond acceptors (Lipinski definition) is 5. The van der Waals surface area contributed by atoms with Crippen LogP contribution in [0.4, 0.5) is 0 Å². The Labute approximate surface area is 118 Å². The average molecular weight is 277 g/mol. The van der Waals surface area contributed by atoms with Gasteiger partial charge in [-0.05, 0) is 39.1 Å². The van der Waals surface area contributed by atoms with Crippen molar-refractivity contribution in [1.82, 2.24) is 15.5 Å². The van der Waals surface area contributed by atoms with Gasteiger partial charge in [0.2, 0.25) is 5.89 Å². The quantitative estimate of drug-likeness (QED) is 0.623. The van der Waals surface area contributed by atoms with Crippen molar-refractivity contribution in [2.45, 2.75) is 30.4 Å². The second-order valence-electron chi connectivity index (χ2n) is 4.42. The molecule has 0 aliphatic carbocycles. The smallest absolute Gasteiger partial charge is 0.226 e. The van der Waals surface area contributed by atoms with Gasteiger partial charge in [-0.2, -0.15) is 4.98 Å². The van der Waals surface area contributed by atoms with Crippen LogP contribution in [0, 0.1) is 6.92 Å². The zero-order valence-corrected chi connectivity index (χ0v) is 12.2. The fourth-order valence-electron chi connectivity index (χ4n) is 1.72. The van der Waals surface area contributed by atoms with Crippen molar-refractivity contribution in [3.05, 3.63) is 41.5 Å². The van der Waals surface area contributed by atoms with Crippen LogP contribution in [0.1, 0.15) is 23.7 Å². The first-order valence-corrected chi connectivity index (χ1v) is 7.42. The third kappa shape index (κ3) is 4.69. The monoisotopic (exact) mass is 277 g/mol. The molecule has 5 heteroatoms. The third-order valence-corrected chi connectivity index (χ3v) is 3.67. The fourth-order valence-corrected chi connectivity index (χ4v) is 2.58. The number of thioether (sulfide) groups is 1. The van der Waals surface area contributed by atoms with E-state index in [2.05, 4.69) is 46.6 Å². The summed E-state index contributed by atoms with van der Waals surface area (Å²) in [5.41, 5.74) is 1.27. The summed E-state index contributed by atoms with van der Waals surface area (Å²) in [7, 11) is 1.94. The molecule has 0 atom stereocenters. The Balaban J connectivity index is 1.83. The van der Waals surface area contributed by atoms with Crippen LogP contribution in [0.3, 0.4) is 0 Å². The summed E-state index contributed by atoms with van der Waals surface area (Å²) in [6.07, 6.45) is 1.85. The Hall–Kier alpha value is -1.33. The molecule has 19 heavy (non-hydrogen) atoms. The van der Waals surface area contributed by atoms with E-state index in [-0.39, 0.29) is 0 Å². The van der Waals surface area contributed by atoms with E-state index in [1.54, 1.807) is 11.8 Å². The molecule has 0 spiro atoms. The highest BCUT2D eigenvalue weighted by atomic mass is 32.2. The van der Waals surface area contributed by atoms with Crippen molar-refractivity contribution in [2.24, 2.45) is 0 Å². The Bertz CT molecular complexity index is 513. The highest BCUT2D eigenvalue weighted by Crippen LogP contribution is 2.22. The van der Waals surface area contributed by atoms with E-state index in [0.29, 0.717) is 0 Å². The molecule has 1 aromatic carbocycles. The number of nitrogens with one attached hydrogen (secondary N) is 1. The molecular weight excluding hydrogens is 258 g/mol. The Kier molecular flexibility index (Phi) is 5.42. The highest BCUT2D eigenvalue weighted by Gasteiger charge is 2.06. The molecule has 0 bridgehead atoms. The Morgan fingerprint density at radius 3 is 3.05 bits per heavy atom. The number of aryl methyl sites for hydroxylation is 2. The Morgan fingerprint density at radius 2 is 2.26 bits per heavy atom. The topological polar surface area (TPSA) is 51.0 Å². The molecule has 1 aromatic heterocycles. The first-order chi connectivity index (χ1) is 9.28. The molecule has 4 nitrogen and oxygen atoms in total. The minimum Gasteiger partial charge on any atom is -0.339 e. The van der Waals surface area contributed by atoms with Crippen molar-refractivity contribution < 1.29 is 4.52 Å². The molecule has 2 aromatic rings. The van der Waals surface area contributed by atoms with Crippen LogP contribution in [0.15, 0.2) is 33.7 Å². The van der Waals surface area contributed by atoms with Gasteiger partial charge in [0.15, 0.2) is 5.82 Å². The average Bonchev–Trinajstić information content (AvgIpc) is 2.85. The van der Waals surface area contributed by atoms with Crippen molar-refractivity contribution in [1.29, 1.82) is 0 Å². The minimum atomic E-state index is 0.732. The summed E-state index contributed by atoms with van der Waals surface area (Å²) >= 11 is 1.73. The lowest BCUT2D eigenvalue weighted by Gasteiger charge is -1.99. The summed E-state index contributed by atoms with van der Waals surface area (Å²) < 4.78 is 5.22. The first kappa shape index (κ1) is 14.1. The molecule has 1 heterocycles. The second-order valence-corrected chi connectivity index (χ2v) is 5.47. The van der Waals surface area contributed by atoms with Crippen molar-refractivity contribution >= 4 is 11.8 Å². The van der Waals surface area contributed by atoms with Crippen LogP contribution in [0.5, 0.6) is 0 Å². The van der Waals surface area contributed by atoms with Crippen molar-refractivity contribution in [2.75, 3.05) is 13.6 Å². The molecule has 102 valence electrons. The van der Waals surface area contributed by atoms with Gasteiger partial charge in [0.05, 0.1) is 5.75 Å². The van der Waals surface area contributed by atoms with Gasteiger partial charge in [-0.3, -0.25) is 0 Å². The molecule has 0 fully saturated rings. The molecular formula is C14H19N3OS. The third-order valence-electron chi connectivity index (χ3n) is 2.69. The molecule has 1 N–H and O–H groups in total. The maximum Gasteiger partial charge on any atom is 0.226 e. The number of hydrogen-bond donors (Lipinski definition) is 1. The maximum atomic E-state index is 5.22. The van der Waals surface area contributed by atoms with E-state index in [1.807, 2.05) is 7.05 Å². The van der Waals surface area contributed by atoms with E-state index < -0.39 is 0 Å². The van der Waals surface area contributed by atoms with Crippen molar-refractivity contribution in [3.63, 3.8) is 0 Å². The molecule has 0 radical (unpaired) electrons. The summed E-state index contributed by atoms with van der Waals surface area (Å²) in [5, 5.41) is 7.11. The minimum absolute atomic E-state index is 0.732. The van der Waals surface area contributed by atoms with Gasteiger partial charge in [0.1, 0.15) is 0 Å². The summed E-state index contributed by atoms with van der Waals surface area (Å²) in [6, 6.07) is 8.43. The molecule has 2 rings (SSSR count). The second kappa shape index (κ2) is 7.31.